The molecule has 0 saturated heterocycles. The number of Topliss-reactive ketones (excluding diaryl/α,β-unsaturated/α-hetero) is 1. The second kappa shape index (κ2) is 11.1. The predicted octanol–water partition coefficient (Wildman–Crippen LogP) is 7.57. The minimum absolute atomic E-state index is 0.113. The average Bonchev–Trinajstić information content (AvgIpc) is 2.83. The van der Waals surface area contributed by atoms with E-state index >= 15 is 0 Å². The number of fused-ring (bicyclic) bond motifs is 1. The third-order valence-corrected chi connectivity index (χ3v) is 5.23. The standard InChI is InChI=1S/C21H20O2.C8H10/c1-3-19(22)21-18-11-9-15(2)13-17(18)10-12-20(21)23-14-16-7-5-4-6-8-16;1-2-8-6-4-3-5-7-8/h4-13H,3,14H2,1-2H3;3-7H,2H2,1H3. The second-order valence-electron chi connectivity index (χ2n) is 7.55. The highest BCUT2D eigenvalue weighted by molar-refractivity contribution is 6.10. The van der Waals surface area contributed by atoms with Crippen molar-refractivity contribution in [2.24, 2.45) is 0 Å². The van der Waals surface area contributed by atoms with Crippen LogP contribution in [0.2, 0.25) is 0 Å². The molecule has 0 atom stereocenters. The van der Waals surface area contributed by atoms with Crippen molar-refractivity contribution in [3.63, 3.8) is 0 Å². The normalized spacial score (nSPS) is 10.3. The molecule has 4 rings (SSSR count). The Hall–Kier alpha value is -3.39. The van der Waals surface area contributed by atoms with Gasteiger partial charge in [0.1, 0.15) is 12.4 Å². The number of ether oxygens (including phenoxy) is 1. The van der Waals surface area contributed by atoms with Crippen LogP contribution in [0.4, 0.5) is 0 Å². The summed E-state index contributed by atoms with van der Waals surface area (Å²) in [5.74, 6) is 0.777. The van der Waals surface area contributed by atoms with E-state index in [0.717, 1.165) is 22.8 Å². The Kier molecular flexibility index (Phi) is 8.00. The van der Waals surface area contributed by atoms with Crippen molar-refractivity contribution in [3.8, 4) is 5.75 Å². The Morgan fingerprint density at radius 3 is 2.00 bits per heavy atom. The van der Waals surface area contributed by atoms with Gasteiger partial charge in [-0.3, -0.25) is 4.79 Å². The molecule has 0 bridgehead atoms. The lowest BCUT2D eigenvalue weighted by Gasteiger charge is -2.13. The van der Waals surface area contributed by atoms with Gasteiger partial charge in [-0.25, -0.2) is 0 Å². The largest absolute Gasteiger partial charge is 0.488 e. The summed E-state index contributed by atoms with van der Waals surface area (Å²) < 4.78 is 5.96. The molecule has 0 spiro atoms. The van der Waals surface area contributed by atoms with Crippen LogP contribution < -0.4 is 4.74 Å². The molecule has 0 aliphatic rings. The van der Waals surface area contributed by atoms with Gasteiger partial charge in [-0.15, -0.1) is 0 Å². The predicted molar refractivity (Wildman–Crippen MR) is 130 cm³/mol. The Morgan fingerprint density at radius 2 is 1.42 bits per heavy atom. The smallest absolute Gasteiger partial charge is 0.166 e. The van der Waals surface area contributed by atoms with Crippen LogP contribution in [0.5, 0.6) is 5.75 Å². The Balaban J connectivity index is 0.000000287. The number of rotatable bonds is 6. The third kappa shape index (κ3) is 6.05. The van der Waals surface area contributed by atoms with Gasteiger partial charge in [-0.05, 0) is 41.3 Å². The number of hydrogen-bond acceptors (Lipinski definition) is 2. The Morgan fingerprint density at radius 1 is 0.774 bits per heavy atom. The van der Waals surface area contributed by atoms with Crippen molar-refractivity contribution in [1.82, 2.24) is 0 Å². The van der Waals surface area contributed by atoms with Crippen LogP contribution in [-0.4, -0.2) is 5.78 Å². The Bertz CT molecular complexity index is 1120. The lowest BCUT2D eigenvalue weighted by molar-refractivity contribution is 0.0985. The quantitative estimate of drug-likeness (QED) is 0.306. The van der Waals surface area contributed by atoms with Gasteiger partial charge in [-0.2, -0.15) is 0 Å². The number of hydrogen-bond donors (Lipinski definition) is 0. The first-order valence-electron chi connectivity index (χ1n) is 10.9. The number of ketones is 1. The van der Waals surface area contributed by atoms with Crippen molar-refractivity contribution in [2.45, 2.75) is 40.2 Å². The minimum atomic E-state index is 0.113. The van der Waals surface area contributed by atoms with E-state index in [2.05, 4.69) is 44.2 Å². The van der Waals surface area contributed by atoms with E-state index < -0.39 is 0 Å². The number of benzene rings is 4. The van der Waals surface area contributed by atoms with Crippen molar-refractivity contribution < 1.29 is 9.53 Å². The molecule has 0 radical (unpaired) electrons. The molecular weight excluding hydrogens is 380 g/mol. The van der Waals surface area contributed by atoms with Crippen LogP contribution in [0.1, 0.15) is 47.3 Å². The highest BCUT2D eigenvalue weighted by Crippen LogP contribution is 2.30. The van der Waals surface area contributed by atoms with Crippen LogP contribution in [0, 0.1) is 6.92 Å². The summed E-state index contributed by atoms with van der Waals surface area (Å²) in [5, 5.41) is 2.04. The summed E-state index contributed by atoms with van der Waals surface area (Å²) >= 11 is 0. The molecule has 0 N–H and O–H groups in total. The minimum Gasteiger partial charge on any atom is -0.488 e. The molecule has 158 valence electrons. The van der Waals surface area contributed by atoms with E-state index in [0.29, 0.717) is 24.3 Å². The topological polar surface area (TPSA) is 26.3 Å². The lowest BCUT2D eigenvalue weighted by atomic mass is 9.97. The maximum atomic E-state index is 12.5. The highest BCUT2D eigenvalue weighted by Gasteiger charge is 2.15. The lowest BCUT2D eigenvalue weighted by Crippen LogP contribution is -2.04. The monoisotopic (exact) mass is 410 g/mol. The Labute approximate surface area is 185 Å². The van der Waals surface area contributed by atoms with Crippen LogP contribution >= 0.6 is 0 Å². The second-order valence-corrected chi connectivity index (χ2v) is 7.55. The van der Waals surface area contributed by atoms with E-state index in [-0.39, 0.29) is 5.78 Å². The molecule has 0 saturated carbocycles. The van der Waals surface area contributed by atoms with E-state index in [9.17, 15) is 4.79 Å². The summed E-state index contributed by atoms with van der Waals surface area (Å²) in [6, 6.07) is 30.5. The molecule has 2 nitrogen and oxygen atoms in total. The first kappa shape index (κ1) is 22.3. The third-order valence-electron chi connectivity index (χ3n) is 5.23. The molecule has 4 aromatic rings. The van der Waals surface area contributed by atoms with E-state index in [1.54, 1.807) is 0 Å². The van der Waals surface area contributed by atoms with E-state index in [1.165, 1.54) is 11.1 Å². The zero-order chi connectivity index (χ0) is 22.1. The van der Waals surface area contributed by atoms with Crippen molar-refractivity contribution in [1.29, 1.82) is 0 Å². The molecule has 0 aliphatic heterocycles. The van der Waals surface area contributed by atoms with Gasteiger partial charge in [0.15, 0.2) is 5.78 Å². The zero-order valence-corrected chi connectivity index (χ0v) is 18.6. The first-order valence-corrected chi connectivity index (χ1v) is 10.9. The summed E-state index contributed by atoms with van der Waals surface area (Å²) in [4.78, 5) is 12.5. The summed E-state index contributed by atoms with van der Waals surface area (Å²) in [6.07, 6.45) is 1.61. The van der Waals surface area contributed by atoms with E-state index in [4.69, 9.17) is 4.74 Å². The summed E-state index contributed by atoms with van der Waals surface area (Å²) in [7, 11) is 0. The number of carbonyl (C=O) groups is 1. The van der Waals surface area contributed by atoms with Gasteiger partial charge < -0.3 is 4.74 Å². The highest BCUT2D eigenvalue weighted by atomic mass is 16.5. The SMILES string of the molecule is CCC(=O)c1c(OCc2ccccc2)ccc2cc(C)ccc12.CCc1ccccc1. The molecule has 0 heterocycles. The number of carbonyl (C=O) groups excluding carboxylic acids is 1. The molecule has 0 unspecified atom stereocenters. The van der Waals surface area contributed by atoms with Crippen LogP contribution in [0.15, 0.2) is 91.0 Å². The molecule has 0 amide bonds. The van der Waals surface area contributed by atoms with Crippen LogP contribution in [-0.2, 0) is 13.0 Å². The van der Waals surface area contributed by atoms with Crippen LogP contribution in [0.25, 0.3) is 10.8 Å². The molecule has 4 aromatic carbocycles. The van der Waals surface area contributed by atoms with Gasteiger partial charge >= 0.3 is 0 Å². The molecular formula is C29H30O2. The van der Waals surface area contributed by atoms with Gasteiger partial charge in [0, 0.05) is 6.42 Å². The number of aryl methyl sites for hydroxylation is 2. The van der Waals surface area contributed by atoms with Gasteiger partial charge in [0.05, 0.1) is 5.56 Å². The first-order chi connectivity index (χ1) is 15.1. The van der Waals surface area contributed by atoms with Crippen molar-refractivity contribution in [2.75, 3.05) is 0 Å². The van der Waals surface area contributed by atoms with Gasteiger partial charge in [-0.1, -0.05) is 104 Å². The maximum absolute atomic E-state index is 12.5. The fourth-order valence-electron chi connectivity index (χ4n) is 3.46. The summed E-state index contributed by atoms with van der Waals surface area (Å²) in [6.45, 7) is 6.56. The fourth-order valence-corrected chi connectivity index (χ4v) is 3.46. The van der Waals surface area contributed by atoms with E-state index in [1.807, 2.05) is 67.6 Å². The maximum Gasteiger partial charge on any atom is 0.166 e. The molecule has 2 heteroatoms. The zero-order valence-electron chi connectivity index (χ0n) is 18.6. The van der Waals surface area contributed by atoms with Crippen molar-refractivity contribution >= 4 is 16.6 Å². The summed E-state index contributed by atoms with van der Waals surface area (Å²) in [5.41, 5.74) is 4.38. The average molecular weight is 411 g/mol. The fraction of sp³-hybridized carbons (Fsp3) is 0.207. The van der Waals surface area contributed by atoms with Crippen LogP contribution in [0.3, 0.4) is 0 Å². The van der Waals surface area contributed by atoms with Crippen molar-refractivity contribution in [3.05, 3.63) is 113 Å². The van der Waals surface area contributed by atoms with Gasteiger partial charge in [0.2, 0.25) is 0 Å². The van der Waals surface area contributed by atoms with Gasteiger partial charge in [0.25, 0.3) is 0 Å². The molecule has 0 aromatic heterocycles. The molecule has 0 fully saturated rings. The molecule has 0 aliphatic carbocycles. The molecule has 31 heavy (non-hydrogen) atoms.